The normalized spacial score (nSPS) is 63.7. The maximum Gasteiger partial charge on any atom is 0.00779 e. The second-order valence-electron chi connectivity index (χ2n) is 4.12. The van der Waals surface area contributed by atoms with Crippen molar-refractivity contribution in [1.29, 1.82) is 0 Å². The summed E-state index contributed by atoms with van der Waals surface area (Å²) in [7, 11) is 0. The SMILES string of the molecule is CC1CC2C(N)CC12C. The highest BCUT2D eigenvalue weighted by Gasteiger charge is 2.59. The van der Waals surface area contributed by atoms with Crippen molar-refractivity contribution in [2.24, 2.45) is 23.0 Å². The van der Waals surface area contributed by atoms with E-state index in [1.54, 1.807) is 0 Å². The van der Waals surface area contributed by atoms with E-state index in [2.05, 4.69) is 13.8 Å². The molecular weight excluding hydrogens is 110 g/mol. The van der Waals surface area contributed by atoms with Gasteiger partial charge < -0.3 is 5.73 Å². The van der Waals surface area contributed by atoms with Crippen LogP contribution >= 0.6 is 0 Å². The average Bonchev–Trinajstić information content (AvgIpc) is 1.83. The third-order valence-corrected chi connectivity index (χ3v) is 3.77. The van der Waals surface area contributed by atoms with Gasteiger partial charge >= 0.3 is 0 Å². The Morgan fingerprint density at radius 2 is 2.22 bits per heavy atom. The quantitative estimate of drug-likeness (QED) is 0.520. The van der Waals surface area contributed by atoms with Crippen molar-refractivity contribution in [3.8, 4) is 0 Å². The molecule has 2 saturated carbocycles. The zero-order valence-electron chi connectivity index (χ0n) is 6.22. The van der Waals surface area contributed by atoms with Crippen molar-refractivity contribution in [1.82, 2.24) is 0 Å². The highest BCUT2D eigenvalue weighted by molar-refractivity contribution is 5.11. The summed E-state index contributed by atoms with van der Waals surface area (Å²) in [6, 6.07) is 0.547. The molecule has 0 amide bonds. The van der Waals surface area contributed by atoms with E-state index in [-0.39, 0.29) is 0 Å². The Morgan fingerprint density at radius 1 is 1.56 bits per heavy atom. The van der Waals surface area contributed by atoms with Crippen molar-refractivity contribution in [2.75, 3.05) is 0 Å². The zero-order chi connectivity index (χ0) is 6.65. The molecule has 2 aliphatic rings. The maximum atomic E-state index is 5.81. The average molecular weight is 125 g/mol. The van der Waals surface area contributed by atoms with Crippen LogP contribution in [-0.4, -0.2) is 6.04 Å². The van der Waals surface area contributed by atoms with Gasteiger partial charge in [-0.25, -0.2) is 0 Å². The van der Waals surface area contributed by atoms with Crippen molar-refractivity contribution in [3.63, 3.8) is 0 Å². The van der Waals surface area contributed by atoms with E-state index in [4.69, 9.17) is 5.73 Å². The van der Waals surface area contributed by atoms with E-state index in [1.807, 2.05) is 0 Å². The molecule has 0 aliphatic heterocycles. The van der Waals surface area contributed by atoms with E-state index in [1.165, 1.54) is 12.8 Å². The monoisotopic (exact) mass is 125 g/mol. The Morgan fingerprint density at radius 3 is 2.33 bits per heavy atom. The lowest BCUT2D eigenvalue weighted by Gasteiger charge is -2.65. The summed E-state index contributed by atoms with van der Waals surface area (Å²) in [4.78, 5) is 0. The van der Waals surface area contributed by atoms with Crippen LogP contribution in [0.5, 0.6) is 0 Å². The Labute approximate surface area is 56.6 Å². The van der Waals surface area contributed by atoms with Crippen LogP contribution in [0.1, 0.15) is 26.7 Å². The van der Waals surface area contributed by atoms with Crippen LogP contribution in [0.3, 0.4) is 0 Å². The standard InChI is InChI=1S/C8H15N/c1-5-3-6-7(9)4-8(5,6)2/h5-7H,3-4,9H2,1-2H3. The van der Waals surface area contributed by atoms with Crippen molar-refractivity contribution >= 4 is 0 Å². The van der Waals surface area contributed by atoms with Crippen LogP contribution in [0.25, 0.3) is 0 Å². The van der Waals surface area contributed by atoms with Gasteiger partial charge in [0, 0.05) is 6.04 Å². The van der Waals surface area contributed by atoms with E-state index in [0.29, 0.717) is 11.5 Å². The molecule has 1 nitrogen and oxygen atoms in total. The van der Waals surface area contributed by atoms with Crippen LogP contribution in [0.4, 0.5) is 0 Å². The first-order valence-electron chi connectivity index (χ1n) is 3.90. The largest absolute Gasteiger partial charge is 0.327 e. The fraction of sp³-hybridized carbons (Fsp3) is 1.00. The molecule has 9 heavy (non-hydrogen) atoms. The van der Waals surface area contributed by atoms with Gasteiger partial charge in [0.1, 0.15) is 0 Å². The van der Waals surface area contributed by atoms with Crippen LogP contribution in [0.2, 0.25) is 0 Å². The molecule has 52 valence electrons. The molecule has 0 radical (unpaired) electrons. The molecular formula is C8H15N. The molecule has 0 spiro atoms. The summed E-state index contributed by atoms with van der Waals surface area (Å²) in [5.74, 6) is 1.83. The van der Waals surface area contributed by atoms with E-state index in [0.717, 1.165) is 11.8 Å². The number of rotatable bonds is 0. The lowest BCUT2D eigenvalue weighted by Crippen LogP contribution is -2.65. The van der Waals surface area contributed by atoms with Gasteiger partial charge in [0.25, 0.3) is 0 Å². The minimum Gasteiger partial charge on any atom is -0.327 e. The predicted octanol–water partition coefficient (Wildman–Crippen LogP) is 1.38. The van der Waals surface area contributed by atoms with Gasteiger partial charge in [0.05, 0.1) is 0 Å². The van der Waals surface area contributed by atoms with Crippen molar-refractivity contribution < 1.29 is 0 Å². The number of hydrogen-bond donors (Lipinski definition) is 1. The lowest BCUT2D eigenvalue weighted by molar-refractivity contribution is -0.135. The number of fused-ring (bicyclic) bond motifs is 1. The summed E-state index contributed by atoms with van der Waals surface area (Å²) in [5.41, 5.74) is 6.48. The van der Waals surface area contributed by atoms with Gasteiger partial charge in [-0.2, -0.15) is 0 Å². The molecule has 1 heteroatoms. The molecule has 0 aromatic heterocycles. The van der Waals surface area contributed by atoms with Gasteiger partial charge in [-0.3, -0.25) is 0 Å². The van der Waals surface area contributed by atoms with Crippen LogP contribution in [0, 0.1) is 17.3 Å². The minimum absolute atomic E-state index is 0.547. The molecule has 0 bridgehead atoms. The Balaban J connectivity index is 2.09. The van der Waals surface area contributed by atoms with E-state index >= 15 is 0 Å². The summed E-state index contributed by atoms with van der Waals surface area (Å²) in [5, 5.41) is 0. The predicted molar refractivity (Wildman–Crippen MR) is 38.0 cm³/mol. The van der Waals surface area contributed by atoms with Gasteiger partial charge in [0.15, 0.2) is 0 Å². The third-order valence-electron chi connectivity index (χ3n) is 3.77. The molecule has 0 saturated heterocycles. The molecule has 4 unspecified atom stereocenters. The van der Waals surface area contributed by atoms with Crippen LogP contribution < -0.4 is 5.73 Å². The summed E-state index contributed by atoms with van der Waals surface area (Å²) < 4.78 is 0. The number of nitrogens with two attached hydrogens (primary N) is 1. The molecule has 4 atom stereocenters. The minimum atomic E-state index is 0.547. The van der Waals surface area contributed by atoms with Gasteiger partial charge in [-0.15, -0.1) is 0 Å². The lowest BCUT2D eigenvalue weighted by atomic mass is 9.41. The maximum absolute atomic E-state index is 5.81. The molecule has 2 fully saturated rings. The Hall–Kier alpha value is -0.0400. The highest BCUT2D eigenvalue weighted by Crippen LogP contribution is 2.63. The fourth-order valence-corrected chi connectivity index (χ4v) is 2.63. The molecule has 0 heterocycles. The number of hydrogen-bond acceptors (Lipinski definition) is 1. The zero-order valence-corrected chi connectivity index (χ0v) is 6.22. The van der Waals surface area contributed by atoms with E-state index < -0.39 is 0 Å². The van der Waals surface area contributed by atoms with Crippen molar-refractivity contribution in [3.05, 3.63) is 0 Å². The van der Waals surface area contributed by atoms with Gasteiger partial charge in [-0.05, 0) is 30.1 Å². The molecule has 0 aromatic rings. The van der Waals surface area contributed by atoms with Gasteiger partial charge in [-0.1, -0.05) is 13.8 Å². The Kier molecular flexibility index (Phi) is 0.852. The van der Waals surface area contributed by atoms with Crippen LogP contribution in [-0.2, 0) is 0 Å². The summed E-state index contributed by atoms with van der Waals surface area (Å²) >= 11 is 0. The first-order chi connectivity index (χ1) is 4.14. The molecule has 2 N–H and O–H groups in total. The second kappa shape index (κ2) is 1.34. The summed E-state index contributed by atoms with van der Waals surface area (Å²) in [6.07, 6.45) is 2.66. The second-order valence-corrected chi connectivity index (χ2v) is 4.12. The van der Waals surface area contributed by atoms with Crippen LogP contribution in [0.15, 0.2) is 0 Å². The smallest absolute Gasteiger partial charge is 0.00779 e. The molecule has 2 aliphatic carbocycles. The fourth-order valence-electron chi connectivity index (χ4n) is 2.63. The highest BCUT2D eigenvalue weighted by atomic mass is 14.8. The first kappa shape index (κ1) is 5.72. The third kappa shape index (κ3) is 0.454. The van der Waals surface area contributed by atoms with E-state index in [9.17, 15) is 0 Å². The first-order valence-corrected chi connectivity index (χ1v) is 3.90. The molecule has 0 aromatic carbocycles. The summed E-state index contributed by atoms with van der Waals surface area (Å²) in [6.45, 7) is 4.73. The molecule has 2 rings (SSSR count). The topological polar surface area (TPSA) is 26.0 Å². The van der Waals surface area contributed by atoms with Crippen molar-refractivity contribution in [2.45, 2.75) is 32.7 Å². The van der Waals surface area contributed by atoms with Gasteiger partial charge in [0.2, 0.25) is 0 Å². The Bertz CT molecular complexity index is 144.